The van der Waals surface area contributed by atoms with Crippen LogP contribution in [0.4, 0.5) is 10.2 Å². The van der Waals surface area contributed by atoms with Crippen LogP contribution < -0.4 is 16.3 Å². The molecule has 1 aliphatic heterocycles. The van der Waals surface area contributed by atoms with Gasteiger partial charge in [0.15, 0.2) is 0 Å². The minimum Gasteiger partial charge on any atom is -0.385 e. The minimum atomic E-state index is -0.297. The molecule has 0 radical (unpaired) electrons. The first-order valence-corrected chi connectivity index (χ1v) is 9.51. The van der Waals surface area contributed by atoms with Gasteiger partial charge in [0, 0.05) is 39.4 Å². The van der Waals surface area contributed by atoms with Crippen molar-refractivity contribution < 1.29 is 4.39 Å². The quantitative estimate of drug-likeness (QED) is 0.561. The number of nitrogens with one attached hydrogen (secondary N) is 1. The number of hydrogen-bond acceptors (Lipinski definition) is 3. The molecule has 0 spiro atoms. The number of halogens is 1. The van der Waals surface area contributed by atoms with Crippen molar-refractivity contribution in [2.24, 2.45) is 9.98 Å². The molecule has 3 N–H and O–H groups in total. The van der Waals surface area contributed by atoms with Crippen molar-refractivity contribution in [3.8, 4) is 0 Å². The summed E-state index contributed by atoms with van der Waals surface area (Å²) in [5.74, 6) is 0.331. The van der Waals surface area contributed by atoms with Gasteiger partial charge in [0.1, 0.15) is 11.6 Å². The molecule has 0 saturated carbocycles. The third-order valence-corrected chi connectivity index (χ3v) is 5.22. The second-order valence-corrected chi connectivity index (χ2v) is 7.08. The molecule has 4 aromatic rings. The van der Waals surface area contributed by atoms with Crippen molar-refractivity contribution in [1.29, 1.82) is 0 Å². The van der Waals surface area contributed by atoms with Gasteiger partial charge >= 0.3 is 0 Å². The van der Waals surface area contributed by atoms with Crippen LogP contribution in [0.25, 0.3) is 16.6 Å². The first-order valence-electron chi connectivity index (χ1n) is 9.51. The van der Waals surface area contributed by atoms with Crippen molar-refractivity contribution in [3.63, 3.8) is 0 Å². The van der Waals surface area contributed by atoms with Crippen LogP contribution in [0.5, 0.6) is 0 Å². The minimum absolute atomic E-state index is 0.297. The SMILES string of the molecule is Nc1[nH]c2ccccc2c1CC1=NC(c2ccccc2F)=c2ccccc2=NC1. The molecule has 4 nitrogen and oxygen atoms in total. The fourth-order valence-corrected chi connectivity index (χ4v) is 3.81. The summed E-state index contributed by atoms with van der Waals surface area (Å²) in [5.41, 5.74) is 10.2. The maximum Gasteiger partial charge on any atom is 0.132 e. The van der Waals surface area contributed by atoms with Crippen LogP contribution in [0.15, 0.2) is 82.8 Å². The lowest BCUT2D eigenvalue weighted by Gasteiger charge is -2.07. The van der Waals surface area contributed by atoms with Gasteiger partial charge in [0.05, 0.1) is 17.6 Å². The topological polar surface area (TPSA) is 66.5 Å². The van der Waals surface area contributed by atoms with Crippen LogP contribution in [0, 0.1) is 5.82 Å². The monoisotopic (exact) mass is 382 g/mol. The number of anilines is 1. The van der Waals surface area contributed by atoms with Crippen molar-refractivity contribution in [3.05, 3.63) is 100 Å². The van der Waals surface area contributed by atoms with Crippen LogP contribution in [0.3, 0.4) is 0 Å². The number of nitrogen functional groups attached to an aromatic ring is 1. The smallest absolute Gasteiger partial charge is 0.132 e. The summed E-state index contributed by atoms with van der Waals surface area (Å²) >= 11 is 0. The largest absolute Gasteiger partial charge is 0.385 e. The predicted molar refractivity (Wildman–Crippen MR) is 115 cm³/mol. The lowest BCUT2D eigenvalue weighted by atomic mass is 10.1. The summed E-state index contributed by atoms with van der Waals surface area (Å²) < 4.78 is 14.6. The molecule has 2 heterocycles. The van der Waals surface area contributed by atoms with Gasteiger partial charge in [-0.1, -0.05) is 48.5 Å². The Labute approximate surface area is 166 Å². The molecule has 5 heteroatoms. The van der Waals surface area contributed by atoms with Gasteiger partial charge in [0.2, 0.25) is 0 Å². The van der Waals surface area contributed by atoms with Crippen molar-refractivity contribution in [2.75, 3.05) is 12.3 Å². The summed E-state index contributed by atoms with van der Waals surface area (Å²) in [6.07, 6.45) is 0.547. The molecular formula is C24H19FN4. The van der Waals surface area contributed by atoms with Crippen LogP contribution in [-0.2, 0) is 6.42 Å². The zero-order chi connectivity index (χ0) is 19.8. The van der Waals surface area contributed by atoms with Crippen LogP contribution >= 0.6 is 0 Å². The number of benzene rings is 3. The number of nitrogens with two attached hydrogens (primary N) is 1. The zero-order valence-electron chi connectivity index (χ0n) is 15.7. The van der Waals surface area contributed by atoms with Gasteiger partial charge in [0.25, 0.3) is 0 Å². The van der Waals surface area contributed by atoms with E-state index < -0.39 is 0 Å². The number of hydrogen-bond donors (Lipinski definition) is 2. The summed E-state index contributed by atoms with van der Waals surface area (Å²) in [6, 6.07) is 22.5. The maximum absolute atomic E-state index is 14.6. The number of aliphatic imine (C=N–C) groups is 1. The Morgan fingerprint density at radius 3 is 2.59 bits per heavy atom. The molecule has 0 unspecified atom stereocenters. The maximum atomic E-state index is 14.6. The van der Waals surface area contributed by atoms with E-state index in [1.807, 2.05) is 54.6 Å². The van der Waals surface area contributed by atoms with E-state index in [2.05, 4.69) is 4.98 Å². The average Bonchev–Trinajstić information content (AvgIpc) is 2.94. The molecule has 0 fully saturated rings. The molecule has 0 aliphatic carbocycles. The second-order valence-electron chi connectivity index (χ2n) is 7.08. The molecule has 0 bridgehead atoms. The van der Waals surface area contributed by atoms with Gasteiger partial charge in [-0.25, -0.2) is 4.39 Å². The Hall–Kier alpha value is -3.73. The normalized spacial score (nSPS) is 13.6. The number of aromatic nitrogens is 1. The third kappa shape index (κ3) is 3.10. The molecule has 1 aliphatic rings. The third-order valence-electron chi connectivity index (χ3n) is 5.22. The Balaban J connectivity index is 1.69. The summed E-state index contributed by atoms with van der Waals surface area (Å²) in [5, 5.41) is 2.72. The highest BCUT2D eigenvalue weighted by atomic mass is 19.1. The van der Waals surface area contributed by atoms with E-state index in [0.717, 1.165) is 32.8 Å². The number of fused-ring (bicyclic) bond motifs is 2. The Kier molecular flexibility index (Phi) is 4.21. The van der Waals surface area contributed by atoms with Crippen LogP contribution in [-0.4, -0.2) is 17.2 Å². The first kappa shape index (κ1) is 17.4. The zero-order valence-corrected chi connectivity index (χ0v) is 15.7. The fourth-order valence-electron chi connectivity index (χ4n) is 3.81. The van der Waals surface area contributed by atoms with E-state index in [1.54, 1.807) is 12.1 Å². The van der Waals surface area contributed by atoms with Crippen molar-refractivity contribution in [2.45, 2.75) is 6.42 Å². The van der Waals surface area contributed by atoms with Gasteiger partial charge in [-0.05, 0) is 24.3 Å². The molecule has 1 aromatic heterocycles. The van der Waals surface area contributed by atoms with E-state index >= 15 is 0 Å². The van der Waals surface area contributed by atoms with Crippen LogP contribution in [0.1, 0.15) is 11.1 Å². The number of nitrogens with zero attached hydrogens (tertiary/aromatic N) is 2. The number of para-hydroxylation sites is 2. The average molecular weight is 382 g/mol. The van der Waals surface area contributed by atoms with Crippen LogP contribution in [0.2, 0.25) is 0 Å². The molecule has 5 rings (SSSR count). The van der Waals surface area contributed by atoms with Gasteiger partial charge in [-0.15, -0.1) is 0 Å². The molecule has 0 amide bonds. The van der Waals surface area contributed by atoms with E-state index in [0.29, 0.717) is 30.0 Å². The fraction of sp³-hybridized carbons (Fsp3) is 0.0833. The Bertz CT molecular complexity index is 1380. The highest BCUT2D eigenvalue weighted by Gasteiger charge is 2.16. The summed E-state index contributed by atoms with van der Waals surface area (Å²) in [6.45, 7) is 0.438. The van der Waals surface area contributed by atoms with Crippen molar-refractivity contribution in [1.82, 2.24) is 4.98 Å². The molecule has 0 atom stereocenters. The summed E-state index contributed by atoms with van der Waals surface area (Å²) in [4.78, 5) is 12.9. The standard InChI is InChI=1S/C24H19FN4/c25-20-10-4-1-8-17(20)23-18-9-3-5-11-21(18)27-14-15(28-23)13-19-16-7-2-6-12-22(16)29-24(19)26/h1-12,29H,13-14,26H2. The highest BCUT2D eigenvalue weighted by molar-refractivity contribution is 5.98. The van der Waals surface area contributed by atoms with E-state index in [4.69, 9.17) is 15.7 Å². The number of aromatic amines is 1. The lowest BCUT2D eigenvalue weighted by molar-refractivity contribution is 0.623. The molecule has 142 valence electrons. The molecule has 3 aromatic carbocycles. The molecule has 0 saturated heterocycles. The Morgan fingerprint density at radius 1 is 0.931 bits per heavy atom. The highest BCUT2D eigenvalue weighted by Crippen LogP contribution is 2.26. The van der Waals surface area contributed by atoms with E-state index in [1.165, 1.54) is 6.07 Å². The van der Waals surface area contributed by atoms with Crippen molar-refractivity contribution >= 4 is 28.1 Å². The lowest BCUT2D eigenvalue weighted by Crippen LogP contribution is -2.26. The number of rotatable bonds is 3. The second kappa shape index (κ2) is 7.02. The molecule has 29 heavy (non-hydrogen) atoms. The predicted octanol–water partition coefficient (Wildman–Crippen LogP) is 3.36. The van der Waals surface area contributed by atoms with Gasteiger partial charge < -0.3 is 10.7 Å². The first-order chi connectivity index (χ1) is 14.2. The Morgan fingerprint density at radius 2 is 1.69 bits per heavy atom. The van der Waals surface area contributed by atoms with E-state index in [-0.39, 0.29) is 5.82 Å². The summed E-state index contributed by atoms with van der Waals surface area (Å²) in [7, 11) is 0. The molecular weight excluding hydrogens is 363 g/mol. The van der Waals surface area contributed by atoms with E-state index in [9.17, 15) is 4.39 Å². The van der Waals surface area contributed by atoms with Gasteiger partial charge in [-0.3, -0.25) is 9.98 Å². The number of H-pyrrole nitrogens is 1. The van der Waals surface area contributed by atoms with Gasteiger partial charge in [-0.2, -0.15) is 0 Å².